The van der Waals surface area contributed by atoms with Crippen molar-refractivity contribution in [1.82, 2.24) is 4.90 Å². The quantitative estimate of drug-likeness (QED) is 0.826. The van der Waals surface area contributed by atoms with Crippen LogP contribution in [0.15, 0.2) is 24.3 Å². The third kappa shape index (κ3) is 2.11. The lowest BCUT2D eigenvalue weighted by Gasteiger charge is -2.42. The van der Waals surface area contributed by atoms with E-state index in [2.05, 4.69) is 0 Å². The number of carbonyl (C=O) groups excluding carboxylic acids is 1. The van der Waals surface area contributed by atoms with Crippen LogP contribution in [0.25, 0.3) is 0 Å². The highest BCUT2D eigenvalue weighted by atomic mass is 16.4. The van der Waals surface area contributed by atoms with Gasteiger partial charge in [0.1, 0.15) is 0 Å². The fraction of sp³-hybridized carbons (Fsp3) is 0.467. The summed E-state index contributed by atoms with van der Waals surface area (Å²) in [5.74, 6) is -0.930. The van der Waals surface area contributed by atoms with E-state index in [4.69, 9.17) is 0 Å². The van der Waals surface area contributed by atoms with E-state index >= 15 is 0 Å². The van der Waals surface area contributed by atoms with Crippen LogP contribution in [0, 0.1) is 0 Å². The maximum absolute atomic E-state index is 11.9. The molecule has 4 nitrogen and oxygen atoms in total. The van der Waals surface area contributed by atoms with Crippen LogP contribution < -0.4 is 0 Å². The van der Waals surface area contributed by atoms with Crippen LogP contribution in [0.3, 0.4) is 0 Å². The Hall–Kier alpha value is -1.84. The number of carbonyl (C=O) groups is 2. The van der Waals surface area contributed by atoms with Crippen LogP contribution in [0.5, 0.6) is 0 Å². The highest BCUT2D eigenvalue weighted by molar-refractivity contribution is 5.84. The van der Waals surface area contributed by atoms with Gasteiger partial charge in [0.05, 0.1) is 0 Å². The molecule has 1 N–H and O–H groups in total. The Morgan fingerprint density at radius 3 is 2.84 bits per heavy atom. The second-order valence-electron chi connectivity index (χ2n) is 4.97. The summed E-state index contributed by atoms with van der Waals surface area (Å²) in [6, 6.07) is 7.56. The Bertz CT molecular complexity index is 486. The molecule has 1 atom stereocenters. The summed E-state index contributed by atoms with van der Waals surface area (Å²) in [5, 5.41) is 9.76. The molecule has 2 rings (SSSR count). The highest BCUT2D eigenvalue weighted by Crippen LogP contribution is 2.40. The van der Waals surface area contributed by atoms with Gasteiger partial charge in [-0.3, -0.25) is 4.79 Å². The number of hydrogen-bond acceptors (Lipinski definition) is 2. The topological polar surface area (TPSA) is 57.6 Å². The molecule has 1 amide bonds. The molecule has 0 heterocycles. The summed E-state index contributed by atoms with van der Waals surface area (Å²) < 4.78 is 0. The van der Waals surface area contributed by atoms with Crippen molar-refractivity contribution in [3.63, 3.8) is 0 Å². The van der Waals surface area contributed by atoms with Crippen LogP contribution in [-0.4, -0.2) is 28.9 Å². The number of aryl methyl sites for hydroxylation is 1. The summed E-state index contributed by atoms with van der Waals surface area (Å²) in [5.41, 5.74) is 0.625. The lowest BCUT2D eigenvalue weighted by Crippen LogP contribution is -2.53. The molecule has 1 aromatic carbocycles. The number of aliphatic carboxylic acids is 1. The van der Waals surface area contributed by atoms with E-state index in [9.17, 15) is 14.7 Å². The van der Waals surface area contributed by atoms with Gasteiger partial charge in [0, 0.05) is 6.54 Å². The largest absolute Gasteiger partial charge is 0.479 e. The van der Waals surface area contributed by atoms with Crippen LogP contribution in [-0.2, 0) is 21.5 Å². The minimum atomic E-state index is -1.19. The molecule has 19 heavy (non-hydrogen) atoms. The molecule has 0 saturated carbocycles. The van der Waals surface area contributed by atoms with Gasteiger partial charge in [-0.2, -0.15) is 0 Å². The van der Waals surface area contributed by atoms with Gasteiger partial charge in [-0.1, -0.05) is 31.2 Å². The monoisotopic (exact) mass is 261 g/mol. The second kappa shape index (κ2) is 5.43. The smallest absolute Gasteiger partial charge is 0.334 e. The lowest BCUT2D eigenvalue weighted by molar-refractivity contribution is -0.157. The Kier molecular flexibility index (Phi) is 3.88. The fourth-order valence-corrected chi connectivity index (χ4v) is 3.03. The Morgan fingerprint density at radius 2 is 2.21 bits per heavy atom. The average molecular weight is 261 g/mol. The average Bonchev–Trinajstić information content (AvgIpc) is 2.44. The summed E-state index contributed by atoms with van der Waals surface area (Å²) >= 11 is 0. The Labute approximate surface area is 113 Å². The first-order valence-electron chi connectivity index (χ1n) is 6.70. The van der Waals surface area contributed by atoms with Crippen molar-refractivity contribution >= 4 is 12.4 Å². The first-order chi connectivity index (χ1) is 9.16. The molecule has 1 aliphatic carbocycles. The third-order valence-electron chi connectivity index (χ3n) is 3.88. The molecule has 0 spiro atoms. The molecular weight excluding hydrogens is 242 g/mol. The van der Waals surface area contributed by atoms with Gasteiger partial charge >= 0.3 is 5.97 Å². The van der Waals surface area contributed by atoms with Gasteiger partial charge in [0.2, 0.25) is 6.41 Å². The first-order valence-corrected chi connectivity index (χ1v) is 6.70. The standard InChI is InChI=1S/C15H19NO3/c1-2-10-16(11-17)15(14(18)19)9-5-7-12-6-3-4-8-13(12)15/h3-4,6,8,11H,2,5,7,9-10H2,1H3,(H,18,19). The van der Waals surface area contributed by atoms with E-state index in [0.29, 0.717) is 19.4 Å². The number of rotatable bonds is 5. The highest BCUT2D eigenvalue weighted by Gasteiger charge is 2.47. The maximum atomic E-state index is 11.9. The summed E-state index contributed by atoms with van der Waals surface area (Å²) in [7, 11) is 0. The van der Waals surface area contributed by atoms with E-state index in [-0.39, 0.29) is 0 Å². The van der Waals surface area contributed by atoms with Gasteiger partial charge in [0.25, 0.3) is 0 Å². The molecular formula is C15H19NO3. The van der Waals surface area contributed by atoms with Crippen molar-refractivity contribution in [2.24, 2.45) is 0 Å². The Morgan fingerprint density at radius 1 is 1.47 bits per heavy atom. The summed E-state index contributed by atoms with van der Waals surface area (Å²) in [4.78, 5) is 24.7. The summed E-state index contributed by atoms with van der Waals surface area (Å²) in [6.07, 6.45) is 3.58. The Balaban J connectivity index is 2.58. The van der Waals surface area contributed by atoms with E-state index < -0.39 is 11.5 Å². The van der Waals surface area contributed by atoms with Crippen molar-refractivity contribution in [1.29, 1.82) is 0 Å². The molecule has 0 fully saturated rings. The zero-order valence-electron chi connectivity index (χ0n) is 11.1. The molecule has 1 aromatic rings. The predicted molar refractivity (Wildman–Crippen MR) is 71.8 cm³/mol. The van der Waals surface area contributed by atoms with Crippen molar-refractivity contribution in [2.45, 2.75) is 38.1 Å². The number of carboxylic acid groups (broad SMARTS) is 1. The zero-order valence-corrected chi connectivity index (χ0v) is 11.1. The van der Waals surface area contributed by atoms with E-state index in [1.54, 1.807) is 0 Å². The molecule has 102 valence electrons. The van der Waals surface area contributed by atoms with Crippen LogP contribution in [0.1, 0.15) is 37.3 Å². The molecule has 0 saturated heterocycles. The van der Waals surface area contributed by atoms with Crippen LogP contribution >= 0.6 is 0 Å². The van der Waals surface area contributed by atoms with Crippen molar-refractivity contribution < 1.29 is 14.7 Å². The predicted octanol–water partition coefficient (Wildman–Crippen LogP) is 2.17. The van der Waals surface area contributed by atoms with Crippen LogP contribution in [0.4, 0.5) is 0 Å². The lowest BCUT2D eigenvalue weighted by atomic mass is 9.75. The van der Waals surface area contributed by atoms with E-state index in [1.165, 1.54) is 4.90 Å². The normalized spacial score (nSPS) is 21.5. The van der Waals surface area contributed by atoms with Gasteiger partial charge in [-0.15, -0.1) is 0 Å². The number of amides is 1. The van der Waals surface area contributed by atoms with Crippen molar-refractivity contribution in [3.05, 3.63) is 35.4 Å². The van der Waals surface area contributed by atoms with Crippen LogP contribution in [0.2, 0.25) is 0 Å². The van der Waals surface area contributed by atoms with Gasteiger partial charge in [0.15, 0.2) is 5.54 Å². The molecule has 4 heteroatoms. The molecule has 1 unspecified atom stereocenters. The number of benzene rings is 1. The number of carboxylic acids is 1. The minimum absolute atomic E-state index is 0.462. The summed E-state index contributed by atoms with van der Waals surface area (Å²) in [6.45, 7) is 2.41. The minimum Gasteiger partial charge on any atom is -0.479 e. The number of hydrogen-bond donors (Lipinski definition) is 1. The molecule has 0 radical (unpaired) electrons. The van der Waals surface area contributed by atoms with E-state index in [1.807, 2.05) is 31.2 Å². The molecule has 0 bridgehead atoms. The third-order valence-corrected chi connectivity index (χ3v) is 3.88. The zero-order chi connectivity index (χ0) is 13.9. The molecule has 1 aliphatic rings. The number of nitrogens with zero attached hydrogens (tertiary/aromatic N) is 1. The van der Waals surface area contributed by atoms with E-state index in [0.717, 1.165) is 30.4 Å². The SMILES string of the molecule is CCCN(C=O)C1(C(=O)O)CCCc2ccccc21. The van der Waals surface area contributed by atoms with Gasteiger partial charge in [-0.05, 0) is 36.8 Å². The van der Waals surface area contributed by atoms with Crippen molar-refractivity contribution in [2.75, 3.05) is 6.54 Å². The molecule has 0 aromatic heterocycles. The molecule has 0 aliphatic heterocycles. The van der Waals surface area contributed by atoms with Crippen molar-refractivity contribution in [3.8, 4) is 0 Å². The second-order valence-corrected chi connectivity index (χ2v) is 4.97. The number of fused-ring (bicyclic) bond motifs is 1. The van der Waals surface area contributed by atoms with Gasteiger partial charge < -0.3 is 10.0 Å². The maximum Gasteiger partial charge on any atom is 0.334 e. The first kappa shape index (κ1) is 13.6. The fourth-order valence-electron chi connectivity index (χ4n) is 3.03. The van der Waals surface area contributed by atoms with Gasteiger partial charge in [-0.25, -0.2) is 4.79 Å².